The van der Waals surface area contributed by atoms with E-state index >= 15 is 0 Å². The van der Waals surface area contributed by atoms with Gasteiger partial charge in [0.15, 0.2) is 0 Å². The number of carbonyl (C=O) groups is 2. The number of benzene rings is 2. The number of anilines is 1. The number of ether oxygens (including phenoxy) is 1. The fraction of sp³-hybridized carbons (Fsp3) is 0.333. The van der Waals surface area contributed by atoms with Gasteiger partial charge in [0.2, 0.25) is 5.91 Å². The molecule has 1 aliphatic heterocycles. The molecule has 0 aromatic heterocycles. The molecule has 0 radical (unpaired) electrons. The lowest BCUT2D eigenvalue weighted by Crippen LogP contribution is -2.36. The first-order valence-electron chi connectivity index (χ1n) is 9.41. The summed E-state index contributed by atoms with van der Waals surface area (Å²) < 4.78 is 4.89. The minimum Gasteiger partial charge on any atom is -0.468 e. The number of carbonyl (C=O) groups excluding carboxylic acids is 2. The maximum Gasteiger partial charge on any atom is 0.323 e. The molecule has 29 heavy (non-hydrogen) atoms. The normalized spacial score (nSPS) is 16.4. The Morgan fingerprint density at radius 2 is 2.03 bits per heavy atom. The molecular weight excluding hydrogens is 374 g/mol. The number of para-hydroxylation sites is 1. The number of hydrogen-bond acceptors (Lipinski definition) is 6. The average Bonchev–Trinajstić information content (AvgIpc) is 3.17. The predicted molar refractivity (Wildman–Crippen MR) is 107 cm³/mol. The van der Waals surface area contributed by atoms with Gasteiger partial charge in [-0.05, 0) is 36.6 Å². The Labute approximate surface area is 168 Å². The second-order valence-electron chi connectivity index (χ2n) is 6.96. The van der Waals surface area contributed by atoms with Crippen molar-refractivity contribution in [2.24, 2.45) is 0 Å². The van der Waals surface area contributed by atoms with E-state index in [9.17, 15) is 19.7 Å². The van der Waals surface area contributed by atoms with Crippen LogP contribution < -0.4 is 5.32 Å². The summed E-state index contributed by atoms with van der Waals surface area (Å²) in [7, 11) is 1.39. The van der Waals surface area contributed by atoms with Crippen molar-refractivity contribution in [3.63, 3.8) is 0 Å². The molecule has 0 spiro atoms. The van der Waals surface area contributed by atoms with Crippen LogP contribution in [-0.2, 0) is 27.3 Å². The molecule has 0 saturated carbocycles. The van der Waals surface area contributed by atoms with E-state index in [4.69, 9.17) is 4.74 Å². The number of amides is 1. The van der Waals surface area contributed by atoms with Gasteiger partial charge < -0.3 is 10.1 Å². The van der Waals surface area contributed by atoms with Gasteiger partial charge in [0.1, 0.15) is 6.04 Å². The first-order chi connectivity index (χ1) is 14.0. The molecule has 8 nitrogen and oxygen atoms in total. The van der Waals surface area contributed by atoms with Crippen LogP contribution in [0.25, 0.3) is 0 Å². The lowest BCUT2D eigenvalue weighted by molar-refractivity contribution is -0.384. The fourth-order valence-corrected chi connectivity index (χ4v) is 3.58. The van der Waals surface area contributed by atoms with Crippen LogP contribution in [0.5, 0.6) is 0 Å². The highest BCUT2D eigenvalue weighted by Crippen LogP contribution is 2.25. The Morgan fingerprint density at radius 3 is 2.79 bits per heavy atom. The summed E-state index contributed by atoms with van der Waals surface area (Å²) in [6, 6.07) is 13.2. The van der Waals surface area contributed by atoms with Gasteiger partial charge >= 0.3 is 5.97 Å². The van der Waals surface area contributed by atoms with Crippen molar-refractivity contribution in [3.8, 4) is 0 Å². The highest BCUT2D eigenvalue weighted by atomic mass is 16.6. The Kier molecular flexibility index (Phi) is 6.56. The predicted octanol–water partition coefficient (Wildman–Crippen LogP) is 2.91. The van der Waals surface area contributed by atoms with Crippen LogP contribution in [0, 0.1) is 10.1 Å². The third-order valence-electron chi connectivity index (χ3n) is 4.99. The van der Waals surface area contributed by atoms with Crippen LogP contribution in [0.15, 0.2) is 48.5 Å². The molecule has 152 valence electrons. The summed E-state index contributed by atoms with van der Waals surface area (Å²) in [5.41, 5.74) is 2.09. The van der Waals surface area contributed by atoms with E-state index in [0.717, 1.165) is 24.9 Å². The Bertz CT molecular complexity index is 915. The number of nitro groups is 1. The van der Waals surface area contributed by atoms with Gasteiger partial charge in [-0.15, -0.1) is 0 Å². The van der Waals surface area contributed by atoms with Crippen molar-refractivity contribution in [2.75, 3.05) is 19.0 Å². The standard InChI is InChI=1S/C21H23N3O5/c1-29-21(26)19-10-5-11-23(19)14-16-7-2-3-9-18(16)22-20(25)13-15-6-4-8-17(12-15)24(27)28/h2-4,6-9,12,19H,5,10-11,13-14H2,1H3,(H,22,25). The van der Waals surface area contributed by atoms with Crippen LogP contribution in [0.3, 0.4) is 0 Å². The van der Waals surface area contributed by atoms with E-state index in [1.807, 2.05) is 24.3 Å². The SMILES string of the molecule is COC(=O)C1CCCN1Cc1ccccc1NC(=O)Cc1cccc([N+](=O)[O-])c1. The maximum atomic E-state index is 12.5. The van der Waals surface area contributed by atoms with E-state index in [-0.39, 0.29) is 30.0 Å². The van der Waals surface area contributed by atoms with E-state index in [1.54, 1.807) is 12.1 Å². The molecule has 1 unspecified atom stereocenters. The second-order valence-corrected chi connectivity index (χ2v) is 6.96. The van der Waals surface area contributed by atoms with E-state index in [0.29, 0.717) is 17.8 Å². The van der Waals surface area contributed by atoms with Gasteiger partial charge in [-0.2, -0.15) is 0 Å². The van der Waals surface area contributed by atoms with Gasteiger partial charge in [0, 0.05) is 24.4 Å². The number of nitrogens with zero attached hydrogens (tertiary/aromatic N) is 2. The molecule has 0 bridgehead atoms. The number of rotatable bonds is 7. The zero-order chi connectivity index (χ0) is 20.8. The number of nitrogens with one attached hydrogen (secondary N) is 1. The highest BCUT2D eigenvalue weighted by molar-refractivity contribution is 5.93. The van der Waals surface area contributed by atoms with E-state index < -0.39 is 4.92 Å². The monoisotopic (exact) mass is 397 g/mol. The fourth-order valence-electron chi connectivity index (χ4n) is 3.58. The first kappa shape index (κ1) is 20.5. The minimum absolute atomic E-state index is 0.0323. The summed E-state index contributed by atoms with van der Waals surface area (Å²) in [6.07, 6.45) is 1.71. The second kappa shape index (κ2) is 9.29. The quantitative estimate of drug-likeness (QED) is 0.438. The zero-order valence-electron chi connectivity index (χ0n) is 16.2. The number of methoxy groups -OCH3 is 1. The van der Waals surface area contributed by atoms with Gasteiger partial charge in [0.05, 0.1) is 18.5 Å². The van der Waals surface area contributed by atoms with Gasteiger partial charge in [-0.3, -0.25) is 24.6 Å². The molecule has 1 atom stereocenters. The van der Waals surface area contributed by atoms with Crippen LogP contribution >= 0.6 is 0 Å². The number of non-ortho nitro benzene ring substituents is 1. The number of nitro benzene ring substituents is 1. The molecule has 1 N–H and O–H groups in total. The summed E-state index contributed by atoms with van der Waals surface area (Å²) in [4.78, 5) is 37.0. The Hall–Kier alpha value is -3.26. The van der Waals surface area contributed by atoms with Crippen molar-refractivity contribution < 1.29 is 19.2 Å². The van der Waals surface area contributed by atoms with Gasteiger partial charge in [0.25, 0.3) is 5.69 Å². The molecule has 1 aliphatic rings. The van der Waals surface area contributed by atoms with Crippen molar-refractivity contribution in [3.05, 3.63) is 69.8 Å². The van der Waals surface area contributed by atoms with Crippen molar-refractivity contribution in [2.45, 2.75) is 31.8 Å². The molecule has 3 rings (SSSR count). The summed E-state index contributed by atoms with van der Waals surface area (Å²) >= 11 is 0. The average molecular weight is 397 g/mol. The third kappa shape index (κ3) is 5.17. The maximum absolute atomic E-state index is 12.5. The zero-order valence-corrected chi connectivity index (χ0v) is 16.2. The van der Waals surface area contributed by atoms with Crippen molar-refractivity contribution >= 4 is 23.3 Å². The van der Waals surface area contributed by atoms with E-state index in [1.165, 1.54) is 19.2 Å². The molecule has 0 aliphatic carbocycles. The van der Waals surface area contributed by atoms with Crippen LogP contribution in [0.1, 0.15) is 24.0 Å². The van der Waals surface area contributed by atoms with Gasteiger partial charge in [-0.25, -0.2) is 0 Å². The van der Waals surface area contributed by atoms with E-state index in [2.05, 4.69) is 10.2 Å². The minimum atomic E-state index is -0.482. The Balaban J connectivity index is 1.69. The first-order valence-corrected chi connectivity index (χ1v) is 9.41. The molecule has 2 aromatic carbocycles. The lowest BCUT2D eigenvalue weighted by atomic mass is 10.1. The molecule has 8 heteroatoms. The van der Waals surface area contributed by atoms with Crippen molar-refractivity contribution in [1.29, 1.82) is 0 Å². The topological polar surface area (TPSA) is 102 Å². The number of esters is 1. The highest BCUT2D eigenvalue weighted by Gasteiger charge is 2.31. The van der Waals surface area contributed by atoms with Crippen LogP contribution in [0.2, 0.25) is 0 Å². The summed E-state index contributed by atoms with van der Waals surface area (Å²) in [5, 5.41) is 13.8. The lowest BCUT2D eigenvalue weighted by Gasteiger charge is -2.23. The van der Waals surface area contributed by atoms with Crippen molar-refractivity contribution in [1.82, 2.24) is 4.90 Å². The summed E-state index contributed by atoms with van der Waals surface area (Å²) in [6.45, 7) is 1.31. The number of likely N-dealkylation sites (tertiary alicyclic amines) is 1. The molecule has 1 fully saturated rings. The number of hydrogen-bond donors (Lipinski definition) is 1. The molecular formula is C21H23N3O5. The van der Waals surface area contributed by atoms with Crippen LogP contribution in [-0.4, -0.2) is 41.4 Å². The summed E-state index contributed by atoms with van der Waals surface area (Å²) in [5.74, 6) is -0.501. The molecule has 1 heterocycles. The smallest absolute Gasteiger partial charge is 0.323 e. The Morgan fingerprint density at radius 1 is 1.24 bits per heavy atom. The molecule has 1 amide bonds. The van der Waals surface area contributed by atoms with Gasteiger partial charge in [-0.1, -0.05) is 30.3 Å². The third-order valence-corrected chi connectivity index (χ3v) is 4.99. The van der Waals surface area contributed by atoms with Crippen LogP contribution in [0.4, 0.5) is 11.4 Å². The molecule has 2 aromatic rings. The molecule has 1 saturated heterocycles. The largest absolute Gasteiger partial charge is 0.468 e.